The number of hydrogen-bond donors (Lipinski definition) is 0. The van der Waals surface area contributed by atoms with Gasteiger partial charge < -0.3 is 18.9 Å². The van der Waals surface area contributed by atoms with E-state index >= 15 is 0 Å². The molecule has 0 radical (unpaired) electrons. The first kappa shape index (κ1) is 22.5. The number of hydrogen-bond acceptors (Lipinski definition) is 6. The van der Waals surface area contributed by atoms with Crippen molar-refractivity contribution in [2.45, 2.75) is 0 Å². The van der Waals surface area contributed by atoms with Gasteiger partial charge in [0.25, 0.3) is 0 Å². The Morgan fingerprint density at radius 3 is 1.43 bits per heavy atom. The maximum absolute atomic E-state index is 11.8. The summed E-state index contributed by atoms with van der Waals surface area (Å²) in [7, 11) is 3.17. The predicted octanol–water partition coefficient (Wildman–Crippen LogP) is 4.07. The largest absolute Gasteiger partial charge is 0.497 e. The van der Waals surface area contributed by atoms with Gasteiger partial charge in [-0.25, -0.2) is 9.59 Å². The molecule has 0 atom stereocenters. The van der Waals surface area contributed by atoms with E-state index in [0.717, 1.165) is 22.6 Å². The normalized spacial score (nSPS) is 10.7. The first-order valence-corrected chi connectivity index (χ1v) is 9.14. The van der Waals surface area contributed by atoms with E-state index in [0.29, 0.717) is 5.57 Å². The van der Waals surface area contributed by atoms with Gasteiger partial charge in [-0.3, -0.25) is 0 Å². The number of benzene rings is 2. The van der Waals surface area contributed by atoms with Gasteiger partial charge in [0, 0.05) is 12.2 Å². The van der Waals surface area contributed by atoms with Gasteiger partial charge >= 0.3 is 11.9 Å². The Kier molecular flexibility index (Phi) is 8.93. The summed E-state index contributed by atoms with van der Waals surface area (Å²) in [6, 6.07) is 14.5. The van der Waals surface area contributed by atoms with Gasteiger partial charge in [-0.2, -0.15) is 0 Å². The SMILES string of the molecule is C=C(COC(=O)C=Cc1ccc(OC)cc1)COC(=O)C=Cc1ccc(OC)cc1. The minimum Gasteiger partial charge on any atom is -0.497 e. The third kappa shape index (κ3) is 8.06. The maximum Gasteiger partial charge on any atom is 0.331 e. The molecule has 30 heavy (non-hydrogen) atoms. The molecule has 0 saturated carbocycles. The average molecular weight is 408 g/mol. The van der Waals surface area contributed by atoms with Crippen LogP contribution in [0.25, 0.3) is 12.2 Å². The number of methoxy groups -OCH3 is 2. The van der Waals surface area contributed by atoms with Crippen molar-refractivity contribution in [3.05, 3.63) is 84.0 Å². The van der Waals surface area contributed by atoms with Crippen LogP contribution in [0, 0.1) is 0 Å². The van der Waals surface area contributed by atoms with Crippen molar-refractivity contribution in [2.75, 3.05) is 27.4 Å². The van der Waals surface area contributed by atoms with Crippen molar-refractivity contribution < 1.29 is 28.5 Å². The van der Waals surface area contributed by atoms with Crippen LogP contribution in [0.4, 0.5) is 0 Å². The lowest BCUT2D eigenvalue weighted by Gasteiger charge is -2.06. The van der Waals surface area contributed by atoms with Crippen LogP contribution in [-0.2, 0) is 19.1 Å². The third-order valence-electron chi connectivity index (χ3n) is 3.89. The lowest BCUT2D eigenvalue weighted by molar-refractivity contribution is -0.137. The molecule has 0 fully saturated rings. The fourth-order valence-electron chi connectivity index (χ4n) is 2.24. The molecule has 0 bridgehead atoms. The van der Waals surface area contributed by atoms with Crippen LogP contribution in [0.2, 0.25) is 0 Å². The first-order chi connectivity index (χ1) is 14.5. The first-order valence-electron chi connectivity index (χ1n) is 9.14. The second-order valence-electron chi connectivity index (χ2n) is 6.18. The zero-order valence-corrected chi connectivity index (χ0v) is 17.0. The van der Waals surface area contributed by atoms with E-state index in [1.807, 2.05) is 24.3 Å². The van der Waals surface area contributed by atoms with Crippen LogP contribution < -0.4 is 9.47 Å². The Hall–Kier alpha value is -3.80. The minimum atomic E-state index is -0.516. The molecule has 2 aromatic carbocycles. The summed E-state index contributed by atoms with van der Waals surface area (Å²) in [6.07, 6.45) is 5.90. The highest BCUT2D eigenvalue weighted by molar-refractivity contribution is 5.87. The van der Waals surface area contributed by atoms with Crippen LogP contribution in [-0.4, -0.2) is 39.4 Å². The fraction of sp³-hybridized carbons (Fsp3) is 0.167. The number of ether oxygens (including phenoxy) is 4. The van der Waals surface area contributed by atoms with E-state index in [9.17, 15) is 9.59 Å². The standard InChI is InChI=1S/C24H24O6/c1-18(16-29-23(25)14-8-19-4-10-21(27-2)11-5-19)17-30-24(26)15-9-20-6-12-22(28-3)13-7-20/h4-15H,1,16-17H2,2-3H3. The van der Waals surface area contributed by atoms with Gasteiger partial charge in [0.15, 0.2) is 0 Å². The molecule has 0 aliphatic heterocycles. The van der Waals surface area contributed by atoms with Crippen LogP contribution in [0.1, 0.15) is 11.1 Å². The zero-order chi connectivity index (χ0) is 21.8. The van der Waals surface area contributed by atoms with Crippen molar-refractivity contribution in [3.8, 4) is 11.5 Å². The molecule has 2 aromatic rings. The summed E-state index contributed by atoms with van der Waals surface area (Å²) in [5.41, 5.74) is 2.14. The molecule has 0 N–H and O–H groups in total. The van der Waals surface area contributed by atoms with Gasteiger partial charge in [-0.1, -0.05) is 30.8 Å². The molecule has 156 valence electrons. The highest BCUT2D eigenvalue weighted by atomic mass is 16.5. The minimum absolute atomic E-state index is 0.0404. The van der Waals surface area contributed by atoms with Gasteiger partial charge in [-0.15, -0.1) is 0 Å². The summed E-state index contributed by atoms with van der Waals surface area (Å²) >= 11 is 0. The Morgan fingerprint density at radius 2 is 1.10 bits per heavy atom. The number of carbonyl (C=O) groups excluding carboxylic acids is 2. The fourth-order valence-corrected chi connectivity index (χ4v) is 2.24. The van der Waals surface area contributed by atoms with Crippen molar-refractivity contribution >= 4 is 24.1 Å². The number of carbonyl (C=O) groups is 2. The van der Waals surface area contributed by atoms with Crippen LogP contribution >= 0.6 is 0 Å². The average Bonchev–Trinajstić information content (AvgIpc) is 2.79. The summed E-state index contributed by atoms with van der Waals surface area (Å²) in [5.74, 6) is 0.439. The molecule has 0 spiro atoms. The monoisotopic (exact) mass is 408 g/mol. The second kappa shape index (κ2) is 11.9. The third-order valence-corrected chi connectivity index (χ3v) is 3.89. The van der Waals surface area contributed by atoms with Gasteiger partial charge in [0.05, 0.1) is 14.2 Å². The Morgan fingerprint density at radius 1 is 0.733 bits per heavy atom. The van der Waals surface area contributed by atoms with E-state index in [1.54, 1.807) is 50.6 Å². The lowest BCUT2D eigenvalue weighted by atomic mass is 10.2. The van der Waals surface area contributed by atoms with Crippen molar-refractivity contribution in [1.82, 2.24) is 0 Å². The molecule has 0 amide bonds. The molecule has 0 aliphatic rings. The second-order valence-corrected chi connectivity index (χ2v) is 6.18. The van der Waals surface area contributed by atoms with Gasteiger partial charge in [0.2, 0.25) is 0 Å². The van der Waals surface area contributed by atoms with Gasteiger partial charge in [-0.05, 0) is 53.1 Å². The topological polar surface area (TPSA) is 71.1 Å². The van der Waals surface area contributed by atoms with E-state index in [4.69, 9.17) is 18.9 Å². The molecule has 6 heteroatoms. The maximum atomic E-state index is 11.8. The summed E-state index contributed by atoms with van der Waals surface area (Å²) in [5, 5.41) is 0. The Bertz CT molecular complexity index is 832. The zero-order valence-electron chi connectivity index (χ0n) is 17.0. The summed E-state index contributed by atoms with van der Waals surface area (Å²) in [4.78, 5) is 23.6. The molecule has 6 nitrogen and oxygen atoms in total. The van der Waals surface area contributed by atoms with Crippen molar-refractivity contribution in [2.24, 2.45) is 0 Å². The molecule has 0 heterocycles. The number of rotatable bonds is 10. The summed E-state index contributed by atoms with van der Waals surface area (Å²) < 4.78 is 20.3. The number of esters is 2. The van der Waals surface area contributed by atoms with E-state index in [1.165, 1.54) is 12.2 Å². The molecular weight excluding hydrogens is 384 g/mol. The van der Waals surface area contributed by atoms with Crippen LogP contribution in [0.3, 0.4) is 0 Å². The van der Waals surface area contributed by atoms with Gasteiger partial charge in [0.1, 0.15) is 24.7 Å². The molecular formula is C24H24O6. The van der Waals surface area contributed by atoms with E-state index in [2.05, 4.69) is 6.58 Å². The van der Waals surface area contributed by atoms with E-state index < -0.39 is 11.9 Å². The highest BCUT2D eigenvalue weighted by Crippen LogP contribution is 2.13. The molecule has 0 aliphatic carbocycles. The molecule has 2 rings (SSSR count). The van der Waals surface area contributed by atoms with Crippen molar-refractivity contribution in [3.63, 3.8) is 0 Å². The Balaban J connectivity index is 1.69. The predicted molar refractivity (Wildman–Crippen MR) is 115 cm³/mol. The Labute approximate surface area is 176 Å². The lowest BCUT2D eigenvalue weighted by Crippen LogP contribution is -2.10. The van der Waals surface area contributed by atoms with E-state index in [-0.39, 0.29) is 13.2 Å². The van der Waals surface area contributed by atoms with Crippen LogP contribution in [0.15, 0.2) is 72.8 Å². The highest BCUT2D eigenvalue weighted by Gasteiger charge is 2.03. The molecule has 0 aromatic heterocycles. The molecule has 0 unspecified atom stereocenters. The summed E-state index contributed by atoms with van der Waals surface area (Å²) in [6.45, 7) is 3.66. The smallest absolute Gasteiger partial charge is 0.331 e. The van der Waals surface area contributed by atoms with Crippen LogP contribution in [0.5, 0.6) is 11.5 Å². The van der Waals surface area contributed by atoms with Crippen molar-refractivity contribution in [1.29, 1.82) is 0 Å². The molecule has 0 saturated heterocycles. The quantitative estimate of drug-likeness (QED) is 0.335.